The topological polar surface area (TPSA) is 50.1 Å². The lowest BCUT2D eigenvalue weighted by molar-refractivity contribution is -0.235. The highest BCUT2D eigenvalue weighted by Crippen LogP contribution is 2.43. The van der Waals surface area contributed by atoms with Crippen molar-refractivity contribution in [1.82, 2.24) is 0 Å². The molecule has 1 aliphatic heterocycles. The maximum atomic E-state index is 6.48. The third kappa shape index (κ3) is 6.45. The lowest BCUT2D eigenvalue weighted by atomic mass is 10.0. The molecule has 2 heterocycles. The summed E-state index contributed by atoms with van der Waals surface area (Å²) in [7, 11) is 0. The Bertz CT molecular complexity index is 1240. The van der Waals surface area contributed by atoms with Crippen molar-refractivity contribution in [3.63, 3.8) is 0 Å². The van der Waals surface area contributed by atoms with Crippen molar-refractivity contribution >= 4 is 0 Å². The van der Waals surface area contributed by atoms with Crippen molar-refractivity contribution in [1.29, 1.82) is 0 Å². The molecule has 0 amide bonds. The molecule has 0 spiro atoms. The smallest absolute Gasteiger partial charge is 0.187 e. The third-order valence-electron chi connectivity index (χ3n) is 6.25. The number of benzene rings is 3. The van der Waals surface area contributed by atoms with Gasteiger partial charge >= 0.3 is 0 Å². The maximum Gasteiger partial charge on any atom is 0.187 e. The Kier molecular flexibility index (Phi) is 8.62. The summed E-state index contributed by atoms with van der Waals surface area (Å²) in [6.45, 7) is 5.53. The summed E-state index contributed by atoms with van der Waals surface area (Å²) in [4.78, 5) is 0. The summed E-state index contributed by atoms with van der Waals surface area (Å²) >= 11 is 0. The van der Waals surface area contributed by atoms with Gasteiger partial charge in [0.05, 0.1) is 32.0 Å². The molecular formula is C32H32O5. The zero-order chi connectivity index (χ0) is 25.3. The monoisotopic (exact) mass is 496 g/mol. The van der Waals surface area contributed by atoms with E-state index in [2.05, 4.69) is 6.58 Å². The van der Waals surface area contributed by atoms with Crippen molar-refractivity contribution in [3.05, 3.63) is 132 Å². The molecule has 3 aromatic carbocycles. The molecule has 37 heavy (non-hydrogen) atoms. The molecule has 1 aromatic heterocycles. The fourth-order valence-electron chi connectivity index (χ4n) is 4.37. The zero-order valence-electron chi connectivity index (χ0n) is 20.8. The minimum atomic E-state index is -0.585. The molecule has 0 fully saturated rings. The van der Waals surface area contributed by atoms with Crippen LogP contribution < -0.4 is 0 Å². The van der Waals surface area contributed by atoms with Crippen LogP contribution in [0.3, 0.4) is 0 Å². The van der Waals surface area contributed by atoms with E-state index >= 15 is 0 Å². The molecule has 4 aromatic rings. The minimum absolute atomic E-state index is 0.330. The van der Waals surface area contributed by atoms with Gasteiger partial charge in [-0.3, -0.25) is 0 Å². The minimum Gasteiger partial charge on any atom is -0.458 e. The van der Waals surface area contributed by atoms with Crippen LogP contribution in [0.4, 0.5) is 0 Å². The first-order chi connectivity index (χ1) is 18.3. The second-order valence-corrected chi connectivity index (χ2v) is 8.97. The van der Waals surface area contributed by atoms with E-state index in [1.54, 1.807) is 0 Å². The fourth-order valence-corrected chi connectivity index (χ4v) is 4.37. The fraction of sp³-hybridized carbons (Fsp3) is 0.250. The van der Waals surface area contributed by atoms with Crippen molar-refractivity contribution in [3.8, 4) is 11.3 Å². The average Bonchev–Trinajstić information content (AvgIpc) is 3.40. The number of ether oxygens (including phenoxy) is 4. The standard InChI is InChI=1S/C32H32O5/c1-2-3-19-34-32-27-20-28(26-17-11-6-12-18-26)36-30(27)31(35-22-25-15-9-5-10-16-25)29(37-32)23-33-21-24-13-7-4-8-14-24/h2,4-18,20,29,31-32H,1,3,19,21-23H2/t29-,31+,32+/m1/s1. The van der Waals surface area contributed by atoms with Crippen LogP contribution in [0.2, 0.25) is 0 Å². The first-order valence-corrected chi connectivity index (χ1v) is 12.7. The van der Waals surface area contributed by atoms with Gasteiger partial charge in [-0.2, -0.15) is 0 Å². The highest BCUT2D eigenvalue weighted by atomic mass is 16.7. The molecule has 0 aliphatic carbocycles. The number of fused-ring (bicyclic) bond motifs is 1. The molecule has 0 N–H and O–H groups in total. The molecule has 3 atom stereocenters. The van der Waals surface area contributed by atoms with Crippen LogP contribution in [-0.2, 0) is 32.2 Å². The van der Waals surface area contributed by atoms with E-state index in [-0.39, 0.29) is 0 Å². The van der Waals surface area contributed by atoms with Crippen LogP contribution in [0.1, 0.15) is 41.3 Å². The van der Waals surface area contributed by atoms with E-state index in [9.17, 15) is 0 Å². The van der Waals surface area contributed by atoms with Gasteiger partial charge in [-0.05, 0) is 23.6 Å². The molecule has 5 nitrogen and oxygen atoms in total. The Morgan fingerprint density at radius 2 is 1.43 bits per heavy atom. The van der Waals surface area contributed by atoms with E-state index in [0.29, 0.717) is 26.4 Å². The van der Waals surface area contributed by atoms with E-state index in [1.165, 1.54) is 0 Å². The third-order valence-corrected chi connectivity index (χ3v) is 6.25. The molecule has 5 heteroatoms. The normalized spacial score (nSPS) is 18.9. The van der Waals surface area contributed by atoms with Gasteiger partial charge in [0.25, 0.3) is 0 Å². The maximum absolute atomic E-state index is 6.48. The summed E-state index contributed by atoms with van der Waals surface area (Å²) in [6, 6.07) is 32.2. The van der Waals surface area contributed by atoms with Crippen LogP contribution in [0.5, 0.6) is 0 Å². The first-order valence-electron chi connectivity index (χ1n) is 12.7. The molecule has 5 rings (SSSR count). The number of furan rings is 1. The van der Waals surface area contributed by atoms with Gasteiger partial charge in [0, 0.05) is 5.56 Å². The molecule has 190 valence electrons. The highest BCUT2D eigenvalue weighted by Gasteiger charge is 2.41. The second kappa shape index (κ2) is 12.7. The highest BCUT2D eigenvalue weighted by molar-refractivity contribution is 5.59. The Labute approximate surface area is 218 Å². The number of rotatable bonds is 12. The summed E-state index contributed by atoms with van der Waals surface area (Å²) in [5, 5.41) is 0. The van der Waals surface area contributed by atoms with Crippen LogP contribution in [0, 0.1) is 0 Å². The predicted molar refractivity (Wildman–Crippen MR) is 143 cm³/mol. The van der Waals surface area contributed by atoms with Gasteiger partial charge in [-0.15, -0.1) is 6.58 Å². The van der Waals surface area contributed by atoms with Crippen molar-refractivity contribution in [2.75, 3.05) is 13.2 Å². The molecule has 1 aliphatic rings. The van der Waals surface area contributed by atoms with Crippen LogP contribution >= 0.6 is 0 Å². The average molecular weight is 497 g/mol. The molecule has 0 saturated carbocycles. The summed E-state index contributed by atoms with van der Waals surface area (Å²) in [6.07, 6.45) is 1.10. The zero-order valence-corrected chi connectivity index (χ0v) is 20.8. The Hall–Kier alpha value is -3.48. The molecule has 0 unspecified atom stereocenters. The molecule has 0 bridgehead atoms. The van der Waals surface area contributed by atoms with Crippen molar-refractivity contribution < 1.29 is 23.4 Å². The van der Waals surface area contributed by atoms with Crippen LogP contribution in [0.15, 0.2) is 114 Å². The van der Waals surface area contributed by atoms with E-state index in [1.807, 2.05) is 103 Å². The van der Waals surface area contributed by atoms with Gasteiger partial charge in [-0.1, -0.05) is 97.1 Å². The molecule has 0 saturated heterocycles. The quantitative estimate of drug-likeness (QED) is 0.151. The lowest BCUT2D eigenvalue weighted by Gasteiger charge is -2.35. The van der Waals surface area contributed by atoms with Gasteiger partial charge in [0.15, 0.2) is 6.29 Å². The lowest BCUT2D eigenvalue weighted by Crippen LogP contribution is -2.36. The number of hydrogen-bond acceptors (Lipinski definition) is 5. The second-order valence-electron chi connectivity index (χ2n) is 8.97. The SMILES string of the molecule is C=CCCO[C@H]1O[C@H](COCc2ccccc2)[C@H](OCc2ccccc2)c2oc(-c3ccccc3)cc21. The van der Waals surface area contributed by atoms with E-state index in [4.69, 9.17) is 23.4 Å². The molecular weight excluding hydrogens is 464 g/mol. The van der Waals surface area contributed by atoms with Gasteiger partial charge in [0.2, 0.25) is 0 Å². The molecule has 0 radical (unpaired) electrons. The van der Waals surface area contributed by atoms with Crippen molar-refractivity contribution in [2.45, 2.75) is 38.1 Å². The van der Waals surface area contributed by atoms with Crippen LogP contribution in [-0.4, -0.2) is 19.3 Å². The number of hydrogen-bond donors (Lipinski definition) is 0. The summed E-state index contributed by atoms with van der Waals surface area (Å²) in [5.74, 6) is 1.48. The first kappa shape index (κ1) is 25.2. The van der Waals surface area contributed by atoms with Gasteiger partial charge in [0.1, 0.15) is 23.7 Å². The van der Waals surface area contributed by atoms with Crippen LogP contribution in [0.25, 0.3) is 11.3 Å². The van der Waals surface area contributed by atoms with Crippen molar-refractivity contribution in [2.24, 2.45) is 0 Å². The Morgan fingerprint density at radius 3 is 2.11 bits per heavy atom. The Morgan fingerprint density at radius 1 is 0.784 bits per heavy atom. The van der Waals surface area contributed by atoms with Gasteiger partial charge < -0.3 is 23.4 Å². The van der Waals surface area contributed by atoms with Gasteiger partial charge in [-0.25, -0.2) is 0 Å². The Balaban J connectivity index is 1.42. The van der Waals surface area contributed by atoms with E-state index < -0.39 is 18.5 Å². The summed E-state index contributed by atoms with van der Waals surface area (Å²) in [5.41, 5.74) is 4.01. The summed E-state index contributed by atoms with van der Waals surface area (Å²) < 4.78 is 31.7. The predicted octanol–water partition coefficient (Wildman–Crippen LogP) is 7.41. The van der Waals surface area contributed by atoms with E-state index in [0.717, 1.165) is 40.2 Å². The largest absolute Gasteiger partial charge is 0.458 e.